The van der Waals surface area contributed by atoms with E-state index in [1.807, 2.05) is 13.0 Å². The van der Waals surface area contributed by atoms with Crippen molar-refractivity contribution in [1.82, 2.24) is 15.0 Å². The Bertz CT molecular complexity index is 531. The molecule has 0 saturated heterocycles. The van der Waals surface area contributed by atoms with Gasteiger partial charge in [0.1, 0.15) is 17.2 Å². The summed E-state index contributed by atoms with van der Waals surface area (Å²) in [5.41, 5.74) is 6.31. The minimum atomic E-state index is 0.230. The van der Waals surface area contributed by atoms with E-state index in [1.165, 1.54) is 6.33 Å². The molecule has 0 aliphatic carbocycles. The summed E-state index contributed by atoms with van der Waals surface area (Å²) >= 11 is 5.97. The molecule has 0 bridgehead atoms. The van der Waals surface area contributed by atoms with Gasteiger partial charge in [-0.3, -0.25) is 0 Å². The number of halogens is 1. The zero-order valence-corrected chi connectivity index (χ0v) is 10.5. The van der Waals surface area contributed by atoms with Gasteiger partial charge in [0.05, 0.1) is 18.5 Å². The van der Waals surface area contributed by atoms with Crippen LogP contribution < -0.4 is 15.8 Å². The van der Waals surface area contributed by atoms with Gasteiger partial charge >= 0.3 is 0 Å². The van der Waals surface area contributed by atoms with Crippen molar-refractivity contribution < 1.29 is 4.74 Å². The second-order valence-electron chi connectivity index (χ2n) is 3.36. The van der Waals surface area contributed by atoms with Gasteiger partial charge in [-0.2, -0.15) is 0 Å². The standard InChI is InChI=1S/C11H12ClN5O/c1-2-18-8-4-3-7(5-14-8)17-11-9(12)10(13)15-6-16-11/h3-6H,2H2,1H3,(H3,13,15,16,17). The van der Waals surface area contributed by atoms with Gasteiger partial charge in [-0.25, -0.2) is 15.0 Å². The van der Waals surface area contributed by atoms with Gasteiger partial charge in [0, 0.05) is 6.07 Å². The Balaban J connectivity index is 2.16. The first-order valence-electron chi connectivity index (χ1n) is 5.32. The highest BCUT2D eigenvalue weighted by Gasteiger charge is 2.06. The van der Waals surface area contributed by atoms with Gasteiger partial charge in [0.2, 0.25) is 5.88 Å². The van der Waals surface area contributed by atoms with Crippen molar-refractivity contribution in [1.29, 1.82) is 0 Å². The number of nitrogens with zero attached hydrogens (tertiary/aromatic N) is 3. The summed E-state index contributed by atoms with van der Waals surface area (Å²) in [5, 5.41) is 3.28. The molecule has 0 fully saturated rings. The molecule has 2 aromatic heterocycles. The molecule has 0 radical (unpaired) electrons. The Morgan fingerprint density at radius 2 is 2.17 bits per heavy atom. The van der Waals surface area contributed by atoms with Crippen molar-refractivity contribution in [3.63, 3.8) is 0 Å². The summed E-state index contributed by atoms with van der Waals surface area (Å²) in [6.07, 6.45) is 2.96. The molecule has 0 unspecified atom stereocenters. The van der Waals surface area contributed by atoms with Gasteiger partial charge in [0.15, 0.2) is 5.82 Å². The molecule has 0 amide bonds. The predicted molar refractivity (Wildman–Crippen MR) is 70.1 cm³/mol. The van der Waals surface area contributed by atoms with Crippen LogP contribution in [0.2, 0.25) is 5.02 Å². The highest BCUT2D eigenvalue weighted by Crippen LogP contribution is 2.26. The molecule has 2 heterocycles. The van der Waals surface area contributed by atoms with Crippen LogP contribution in [0.25, 0.3) is 0 Å². The molecule has 18 heavy (non-hydrogen) atoms. The topological polar surface area (TPSA) is 86.0 Å². The maximum Gasteiger partial charge on any atom is 0.213 e. The Morgan fingerprint density at radius 3 is 2.83 bits per heavy atom. The molecule has 2 aromatic rings. The number of hydrogen-bond acceptors (Lipinski definition) is 6. The van der Waals surface area contributed by atoms with E-state index in [0.29, 0.717) is 18.3 Å². The molecule has 0 aromatic carbocycles. The van der Waals surface area contributed by atoms with E-state index in [4.69, 9.17) is 22.1 Å². The lowest BCUT2D eigenvalue weighted by Gasteiger charge is -2.08. The molecule has 94 valence electrons. The lowest BCUT2D eigenvalue weighted by molar-refractivity contribution is 0.327. The van der Waals surface area contributed by atoms with Gasteiger partial charge < -0.3 is 15.8 Å². The monoisotopic (exact) mass is 265 g/mol. The van der Waals surface area contributed by atoms with Crippen molar-refractivity contribution >= 4 is 28.9 Å². The molecular formula is C11H12ClN5O. The van der Waals surface area contributed by atoms with Crippen molar-refractivity contribution in [2.24, 2.45) is 0 Å². The number of anilines is 3. The largest absolute Gasteiger partial charge is 0.478 e. The van der Waals surface area contributed by atoms with E-state index in [2.05, 4.69) is 20.3 Å². The first-order chi connectivity index (χ1) is 8.70. The third kappa shape index (κ3) is 2.78. The van der Waals surface area contributed by atoms with Crippen LogP contribution in [0.3, 0.4) is 0 Å². The normalized spacial score (nSPS) is 10.1. The molecule has 0 aliphatic heterocycles. The van der Waals surface area contributed by atoms with E-state index in [-0.39, 0.29) is 10.8 Å². The number of hydrogen-bond donors (Lipinski definition) is 2. The van der Waals surface area contributed by atoms with Gasteiger partial charge in [-0.1, -0.05) is 11.6 Å². The number of nitrogen functional groups attached to an aromatic ring is 1. The maximum absolute atomic E-state index is 5.97. The third-order valence-electron chi connectivity index (χ3n) is 2.11. The first-order valence-corrected chi connectivity index (χ1v) is 5.70. The molecule has 3 N–H and O–H groups in total. The van der Waals surface area contributed by atoms with Crippen LogP contribution >= 0.6 is 11.6 Å². The van der Waals surface area contributed by atoms with Crippen LogP contribution in [-0.2, 0) is 0 Å². The highest BCUT2D eigenvalue weighted by molar-refractivity contribution is 6.35. The fraction of sp³-hybridized carbons (Fsp3) is 0.182. The number of pyridine rings is 1. The van der Waals surface area contributed by atoms with Crippen molar-refractivity contribution in [2.75, 3.05) is 17.7 Å². The molecule has 0 spiro atoms. The second kappa shape index (κ2) is 5.50. The first kappa shape index (κ1) is 12.4. The zero-order valence-electron chi connectivity index (χ0n) is 9.72. The number of rotatable bonds is 4. The molecule has 7 heteroatoms. The Kier molecular flexibility index (Phi) is 3.78. The van der Waals surface area contributed by atoms with Crippen LogP contribution in [0, 0.1) is 0 Å². The summed E-state index contributed by atoms with van der Waals surface area (Å²) < 4.78 is 5.24. The fourth-order valence-electron chi connectivity index (χ4n) is 1.29. The molecule has 2 rings (SSSR count). The number of ether oxygens (including phenoxy) is 1. The molecule has 6 nitrogen and oxygen atoms in total. The van der Waals surface area contributed by atoms with Crippen molar-refractivity contribution in [3.05, 3.63) is 29.7 Å². The van der Waals surface area contributed by atoms with Crippen LogP contribution in [0.1, 0.15) is 6.92 Å². The minimum Gasteiger partial charge on any atom is -0.478 e. The van der Waals surface area contributed by atoms with Crippen molar-refractivity contribution in [2.45, 2.75) is 6.92 Å². The average Bonchev–Trinajstić information content (AvgIpc) is 2.38. The summed E-state index contributed by atoms with van der Waals surface area (Å²) in [6.45, 7) is 2.48. The summed E-state index contributed by atoms with van der Waals surface area (Å²) in [4.78, 5) is 11.9. The lowest BCUT2D eigenvalue weighted by atomic mass is 10.4. The molecule has 0 aliphatic rings. The quantitative estimate of drug-likeness (QED) is 0.882. The van der Waals surface area contributed by atoms with Gasteiger partial charge in [-0.05, 0) is 13.0 Å². The Morgan fingerprint density at radius 1 is 1.33 bits per heavy atom. The van der Waals surface area contributed by atoms with Crippen LogP contribution in [0.5, 0.6) is 5.88 Å². The maximum atomic E-state index is 5.97. The van der Waals surface area contributed by atoms with E-state index < -0.39 is 0 Å². The average molecular weight is 266 g/mol. The smallest absolute Gasteiger partial charge is 0.213 e. The van der Waals surface area contributed by atoms with Crippen LogP contribution in [0.15, 0.2) is 24.7 Å². The molecular weight excluding hydrogens is 254 g/mol. The highest BCUT2D eigenvalue weighted by atomic mass is 35.5. The predicted octanol–water partition coefficient (Wildman–Crippen LogP) is 2.25. The van der Waals surface area contributed by atoms with E-state index in [1.54, 1.807) is 12.3 Å². The van der Waals surface area contributed by atoms with Gasteiger partial charge in [-0.15, -0.1) is 0 Å². The minimum absolute atomic E-state index is 0.230. The fourth-order valence-corrected chi connectivity index (χ4v) is 1.44. The molecule has 0 atom stereocenters. The second-order valence-corrected chi connectivity index (χ2v) is 3.74. The number of aromatic nitrogens is 3. The third-order valence-corrected chi connectivity index (χ3v) is 2.48. The SMILES string of the molecule is CCOc1ccc(Nc2ncnc(N)c2Cl)cn1. The summed E-state index contributed by atoms with van der Waals surface area (Å²) in [7, 11) is 0. The lowest BCUT2D eigenvalue weighted by Crippen LogP contribution is -2.00. The molecule has 0 saturated carbocycles. The van der Waals surface area contributed by atoms with Crippen molar-refractivity contribution in [3.8, 4) is 5.88 Å². The number of nitrogens with two attached hydrogens (primary N) is 1. The Hall–Kier alpha value is -2.08. The Labute approximate surface area is 109 Å². The van der Waals surface area contributed by atoms with Crippen LogP contribution in [-0.4, -0.2) is 21.6 Å². The van der Waals surface area contributed by atoms with E-state index >= 15 is 0 Å². The number of nitrogens with one attached hydrogen (secondary N) is 1. The summed E-state index contributed by atoms with van der Waals surface area (Å²) in [5.74, 6) is 1.24. The summed E-state index contributed by atoms with van der Waals surface area (Å²) in [6, 6.07) is 3.57. The van der Waals surface area contributed by atoms with Gasteiger partial charge in [0.25, 0.3) is 0 Å². The zero-order chi connectivity index (χ0) is 13.0. The van der Waals surface area contributed by atoms with E-state index in [0.717, 1.165) is 5.69 Å². The van der Waals surface area contributed by atoms with E-state index in [9.17, 15) is 0 Å². The van der Waals surface area contributed by atoms with Crippen LogP contribution in [0.4, 0.5) is 17.3 Å².